The molecule has 10 heteroatoms. The maximum Gasteiger partial charge on any atom is 0.416 e. The summed E-state index contributed by atoms with van der Waals surface area (Å²) in [4.78, 5) is 29.2. The van der Waals surface area contributed by atoms with Gasteiger partial charge < -0.3 is 14.5 Å². The zero-order chi connectivity index (χ0) is 29.0. The molecule has 0 radical (unpaired) electrons. The van der Waals surface area contributed by atoms with Crippen LogP contribution in [0.5, 0.6) is 0 Å². The van der Waals surface area contributed by atoms with Gasteiger partial charge in [-0.1, -0.05) is 87.7 Å². The monoisotopic (exact) mass is 559 g/mol. The van der Waals surface area contributed by atoms with Crippen molar-refractivity contribution >= 4 is 11.9 Å². The van der Waals surface area contributed by atoms with E-state index in [-0.39, 0.29) is 13.1 Å². The van der Waals surface area contributed by atoms with Gasteiger partial charge in [-0.25, -0.2) is 4.79 Å². The molecule has 0 spiro atoms. The van der Waals surface area contributed by atoms with Gasteiger partial charge in [-0.05, 0) is 41.8 Å². The van der Waals surface area contributed by atoms with Crippen molar-refractivity contribution in [1.82, 2.24) is 15.0 Å². The number of carboxylic acid groups (broad SMARTS) is 1. The second-order valence-electron chi connectivity index (χ2n) is 9.95. The minimum Gasteiger partial charge on any atom is -0.474 e. The number of hydrogen-bond donors (Lipinski definition) is 1. The zero-order valence-electron chi connectivity index (χ0n) is 22.8. The molecule has 0 atom stereocenters. The minimum absolute atomic E-state index is 0.0415. The molecular weight excluding hydrogens is 523 g/mol. The second-order valence-corrected chi connectivity index (χ2v) is 9.95. The Morgan fingerprint density at radius 3 is 1.88 bits per heavy atom. The smallest absolute Gasteiger partial charge is 0.416 e. The lowest BCUT2D eigenvalue weighted by Gasteiger charge is -2.21. The number of aryl methyl sites for hydroxylation is 1. The van der Waals surface area contributed by atoms with Crippen LogP contribution in [0.3, 0.4) is 0 Å². The van der Waals surface area contributed by atoms with E-state index in [1.54, 1.807) is 24.3 Å². The number of nitrogens with zero attached hydrogens (tertiary/aromatic N) is 3. The molecule has 1 amide bonds. The predicted molar refractivity (Wildman–Crippen MR) is 144 cm³/mol. The molecule has 0 saturated heterocycles. The molecule has 0 bridgehead atoms. The van der Waals surface area contributed by atoms with Gasteiger partial charge in [0.2, 0.25) is 0 Å². The lowest BCUT2D eigenvalue weighted by molar-refractivity contribution is -0.156. The van der Waals surface area contributed by atoms with Gasteiger partial charge in [0.15, 0.2) is 5.82 Å². The highest BCUT2D eigenvalue weighted by Crippen LogP contribution is 2.29. The van der Waals surface area contributed by atoms with Gasteiger partial charge in [-0.2, -0.15) is 18.2 Å². The van der Waals surface area contributed by atoms with E-state index in [0.717, 1.165) is 36.3 Å². The molecule has 0 aliphatic carbocycles. The summed E-state index contributed by atoms with van der Waals surface area (Å²) in [5.41, 5.74) is 0.887. The van der Waals surface area contributed by atoms with Crippen molar-refractivity contribution in [1.29, 1.82) is 0 Å². The van der Waals surface area contributed by atoms with Gasteiger partial charge in [0.1, 0.15) is 0 Å². The molecule has 40 heavy (non-hydrogen) atoms. The molecular formula is C30H36F3N3O4. The van der Waals surface area contributed by atoms with Crippen LogP contribution in [-0.2, 0) is 35.3 Å². The summed E-state index contributed by atoms with van der Waals surface area (Å²) < 4.78 is 43.9. The summed E-state index contributed by atoms with van der Waals surface area (Å²) in [7, 11) is 0. The number of unbranched alkanes of at least 4 members (excludes halogenated alkanes) is 8. The Bertz CT molecular complexity index is 1210. The molecule has 0 unspecified atom stereocenters. The van der Waals surface area contributed by atoms with Crippen LogP contribution in [0, 0.1) is 0 Å². The third kappa shape index (κ3) is 9.81. The van der Waals surface area contributed by atoms with Gasteiger partial charge in [0.25, 0.3) is 5.89 Å². The van der Waals surface area contributed by atoms with Crippen LogP contribution in [0.25, 0.3) is 11.5 Å². The Morgan fingerprint density at radius 1 is 0.825 bits per heavy atom. The van der Waals surface area contributed by atoms with Crippen molar-refractivity contribution in [2.75, 3.05) is 0 Å². The Morgan fingerprint density at radius 2 is 1.35 bits per heavy atom. The maximum absolute atomic E-state index is 12.8. The standard InChI is InChI=1S/C30H36F3N3O4/c1-2-3-4-5-6-7-8-9-10-11-26-34-27(40-35-26)24-16-12-22(13-17-24)20-36(28(37)29(38)39)21-23-14-18-25(19-15-23)30(31,32)33/h12-19H,2-11,20-21H2,1H3,(H,38,39). The molecule has 1 aromatic heterocycles. The average molecular weight is 560 g/mol. The lowest BCUT2D eigenvalue weighted by atomic mass is 10.1. The first-order valence-electron chi connectivity index (χ1n) is 13.8. The number of aliphatic carboxylic acids is 1. The predicted octanol–water partition coefficient (Wildman–Crippen LogP) is 7.44. The van der Waals surface area contributed by atoms with E-state index in [2.05, 4.69) is 17.1 Å². The lowest BCUT2D eigenvalue weighted by Crippen LogP contribution is -2.35. The van der Waals surface area contributed by atoms with Crippen molar-refractivity contribution in [2.24, 2.45) is 0 Å². The first-order chi connectivity index (χ1) is 19.2. The number of halogens is 3. The number of rotatable bonds is 15. The Hall–Kier alpha value is -3.69. The van der Waals surface area contributed by atoms with E-state index in [1.807, 2.05) is 0 Å². The largest absolute Gasteiger partial charge is 0.474 e. The molecule has 1 heterocycles. The third-order valence-corrected chi connectivity index (χ3v) is 6.67. The van der Waals surface area contributed by atoms with Crippen LogP contribution in [0.4, 0.5) is 13.2 Å². The Balaban J connectivity index is 1.53. The summed E-state index contributed by atoms with van der Waals surface area (Å²) >= 11 is 0. The fourth-order valence-corrected chi connectivity index (χ4v) is 4.39. The number of carboxylic acids is 1. The highest BCUT2D eigenvalue weighted by Gasteiger charge is 2.30. The molecule has 0 fully saturated rings. The van der Waals surface area contributed by atoms with Crippen LogP contribution in [-0.4, -0.2) is 32.0 Å². The molecule has 0 aliphatic rings. The van der Waals surface area contributed by atoms with E-state index < -0.39 is 23.6 Å². The van der Waals surface area contributed by atoms with Crippen molar-refractivity contribution in [3.05, 3.63) is 71.0 Å². The van der Waals surface area contributed by atoms with Crippen LogP contribution >= 0.6 is 0 Å². The van der Waals surface area contributed by atoms with Crippen molar-refractivity contribution in [3.8, 4) is 11.5 Å². The topological polar surface area (TPSA) is 96.5 Å². The van der Waals surface area contributed by atoms with Crippen molar-refractivity contribution < 1.29 is 32.4 Å². The second kappa shape index (κ2) is 15.2. The quantitative estimate of drug-likeness (QED) is 0.154. The molecule has 0 saturated carbocycles. The van der Waals surface area contributed by atoms with E-state index in [1.165, 1.54) is 57.1 Å². The number of alkyl halides is 3. The van der Waals surface area contributed by atoms with Gasteiger partial charge in [0.05, 0.1) is 5.56 Å². The number of carbonyl (C=O) groups excluding carboxylic acids is 1. The fraction of sp³-hybridized carbons (Fsp3) is 0.467. The summed E-state index contributed by atoms with van der Waals surface area (Å²) in [5.74, 6) is -1.77. The van der Waals surface area contributed by atoms with E-state index in [0.29, 0.717) is 28.4 Å². The molecule has 216 valence electrons. The average Bonchev–Trinajstić information content (AvgIpc) is 3.40. The van der Waals surface area contributed by atoms with Crippen molar-refractivity contribution in [2.45, 2.75) is 90.4 Å². The normalized spacial score (nSPS) is 11.5. The molecule has 7 nitrogen and oxygen atoms in total. The fourth-order valence-electron chi connectivity index (χ4n) is 4.39. The summed E-state index contributed by atoms with van der Waals surface area (Å²) in [6.45, 7) is 2.02. The summed E-state index contributed by atoms with van der Waals surface area (Å²) in [5, 5.41) is 13.3. The van der Waals surface area contributed by atoms with Gasteiger partial charge in [-0.3, -0.25) is 4.79 Å². The molecule has 3 rings (SSSR count). The van der Waals surface area contributed by atoms with E-state index >= 15 is 0 Å². The Labute approximate surface area is 232 Å². The van der Waals surface area contributed by atoms with Crippen LogP contribution < -0.4 is 0 Å². The van der Waals surface area contributed by atoms with Gasteiger partial charge in [-0.15, -0.1) is 0 Å². The molecule has 3 aromatic rings. The maximum atomic E-state index is 12.8. The SMILES string of the molecule is CCCCCCCCCCCc1noc(-c2ccc(CN(Cc3ccc(C(F)(F)F)cc3)C(=O)C(=O)O)cc2)n1. The van der Waals surface area contributed by atoms with Crippen LogP contribution in [0.1, 0.15) is 87.2 Å². The highest BCUT2D eigenvalue weighted by molar-refractivity contribution is 6.31. The molecule has 0 aliphatic heterocycles. The molecule has 1 N–H and O–H groups in total. The number of aromatic nitrogens is 2. The zero-order valence-corrected chi connectivity index (χ0v) is 22.8. The third-order valence-electron chi connectivity index (χ3n) is 6.67. The first kappa shape index (κ1) is 30.8. The van der Waals surface area contributed by atoms with Gasteiger partial charge in [0, 0.05) is 25.1 Å². The van der Waals surface area contributed by atoms with E-state index in [4.69, 9.17) is 4.52 Å². The number of amides is 1. The number of benzene rings is 2. The first-order valence-corrected chi connectivity index (χ1v) is 13.8. The summed E-state index contributed by atoms with van der Waals surface area (Å²) in [6, 6.07) is 11.2. The summed E-state index contributed by atoms with van der Waals surface area (Å²) in [6.07, 6.45) is 7.36. The number of carbonyl (C=O) groups is 2. The minimum atomic E-state index is -4.48. The van der Waals surface area contributed by atoms with Crippen molar-refractivity contribution in [3.63, 3.8) is 0 Å². The van der Waals surface area contributed by atoms with Gasteiger partial charge >= 0.3 is 18.1 Å². The molecule has 2 aromatic carbocycles. The van der Waals surface area contributed by atoms with E-state index in [9.17, 15) is 27.9 Å². The van der Waals surface area contributed by atoms with Crippen LogP contribution in [0.15, 0.2) is 53.1 Å². The number of hydrogen-bond acceptors (Lipinski definition) is 5. The Kier molecular flexibility index (Phi) is 11.7. The highest BCUT2D eigenvalue weighted by atomic mass is 19.4. The van der Waals surface area contributed by atoms with Crippen LogP contribution in [0.2, 0.25) is 0 Å².